The summed E-state index contributed by atoms with van der Waals surface area (Å²) in [5, 5.41) is 12.7. The number of nitrogens with zero attached hydrogens (tertiary/aromatic N) is 1. The smallest absolute Gasteiger partial charge is 0.321 e. The fourth-order valence-electron chi connectivity index (χ4n) is 2.79. The molecule has 0 spiro atoms. The van der Waals surface area contributed by atoms with E-state index in [1.807, 2.05) is 31.2 Å². The number of rotatable bonds is 6. The van der Waals surface area contributed by atoms with Crippen molar-refractivity contribution >= 4 is 11.7 Å². The fourth-order valence-corrected chi connectivity index (χ4v) is 2.79. The molecule has 2 N–H and O–H groups in total. The molecule has 0 radical (unpaired) electrons. The second-order valence-electron chi connectivity index (χ2n) is 5.90. The zero-order valence-electron chi connectivity index (χ0n) is 13.4. The van der Waals surface area contributed by atoms with Gasteiger partial charge in [0.05, 0.1) is 12.7 Å². The predicted octanol–water partition coefficient (Wildman–Crippen LogP) is 2.85. The van der Waals surface area contributed by atoms with Gasteiger partial charge in [-0.15, -0.1) is 0 Å². The van der Waals surface area contributed by atoms with Crippen LogP contribution in [0, 0.1) is 5.92 Å². The van der Waals surface area contributed by atoms with E-state index in [1.165, 1.54) is 0 Å². The minimum Gasteiger partial charge on any atom is -0.393 e. The first-order valence-corrected chi connectivity index (χ1v) is 7.97. The van der Waals surface area contributed by atoms with Crippen LogP contribution in [0.15, 0.2) is 24.3 Å². The van der Waals surface area contributed by atoms with Crippen molar-refractivity contribution in [3.8, 4) is 0 Å². The van der Waals surface area contributed by atoms with Crippen LogP contribution in [0.25, 0.3) is 0 Å². The molecular formula is C17H26N2O3. The number of nitrogens with one attached hydrogen (secondary N) is 1. The highest BCUT2D eigenvalue weighted by molar-refractivity contribution is 5.89. The van der Waals surface area contributed by atoms with Crippen molar-refractivity contribution in [1.82, 2.24) is 4.90 Å². The first-order chi connectivity index (χ1) is 10.6. The van der Waals surface area contributed by atoms with Crippen molar-refractivity contribution in [1.29, 1.82) is 0 Å². The topological polar surface area (TPSA) is 61.8 Å². The summed E-state index contributed by atoms with van der Waals surface area (Å²) < 4.78 is 5.34. The van der Waals surface area contributed by atoms with E-state index in [1.54, 1.807) is 11.9 Å². The first-order valence-electron chi connectivity index (χ1n) is 7.97. The van der Waals surface area contributed by atoms with Crippen molar-refractivity contribution in [2.45, 2.75) is 38.9 Å². The van der Waals surface area contributed by atoms with Crippen molar-refractivity contribution < 1.29 is 14.6 Å². The molecule has 1 fully saturated rings. The quantitative estimate of drug-likeness (QED) is 0.849. The number of carbonyl (C=O) groups is 1. The highest BCUT2D eigenvalue weighted by atomic mass is 16.5. The zero-order valence-corrected chi connectivity index (χ0v) is 13.4. The summed E-state index contributed by atoms with van der Waals surface area (Å²) in [6, 6.07) is 7.52. The van der Waals surface area contributed by atoms with Crippen LogP contribution in [-0.2, 0) is 11.3 Å². The Balaban J connectivity index is 1.82. The van der Waals surface area contributed by atoms with E-state index in [0.717, 1.165) is 30.5 Å². The monoisotopic (exact) mass is 306 g/mol. The zero-order chi connectivity index (χ0) is 15.9. The van der Waals surface area contributed by atoms with E-state index < -0.39 is 0 Å². The van der Waals surface area contributed by atoms with Gasteiger partial charge >= 0.3 is 6.03 Å². The summed E-state index contributed by atoms with van der Waals surface area (Å²) in [6.07, 6.45) is 2.61. The van der Waals surface area contributed by atoms with Gasteiger partial charge in [0.2, 0.25) is 0 Å². The molecule has 2 amide bonds. The van der Waals surface area contributed by atoms with Crippen LogP contribution < -0.4 is 5.32 Å². The lowest BCUT2D eigenvalue weighted by atomic mass is 10.1. The molecule has 2 rings (SSSR count). The average molecular weight is 306 g/mol. The summed E-state index contributed by atoms with van der Waals surface area (Å²) in [6.45, 7) is 3.83. The summed E-state index contributed by atoms with van der Waals surface area (Å²) in [7, 11) is 1.77. The maximum absolute atomic E-state index is 12.2. The second-order valence-corrected chi connectivity index (χ2v) is 5.90. The number of hydrogen-bond acceptors (Lipinski definition) is 3. The lowest BCUT2D eigenvalue weighted by molar-refractivity contribution is 0.116. The Bertz CT molecular complexity index is 475. The molecule has 1 saturated carbocycles. The lowest BCUT2D eigenvalue weighted by Crippen LogP contribution is -2.37. The van der Waals surface area contributed by atoms with Gasteiger partial charge in [-0.05, 0) is 37.5 Å². The van der Waals surface area contributed by atoms with Gasteiger partial charge in [0, 0.05) is 31.8 Å². The van der Waals surface area contributed by atoms with Crippen molar-refractivity contribution in [3.63, 3.8) is 0 Å². The van der Waals surface area contributed by atoms with Gasteiger partial charge in [0.25, 0.3) is 0 Å². The van der Waals surface area contributed by atoms with Gasteiger partial charge in [-0.2, -0.15) is 0 Å². The van der Waals surface area contributed by atoms with Crippen LogP contribution in [0.5, 0.6) is 0 Å². The molecule has 1 aliphatic rings. The Kier molecular flexibility index (Phi) is 6.21. The Labute approximate surface area is 132 Å². The van der Waals surface area contributed by atoms with Crippen molar-refractivity contribution in [2.75, 3.05) is 25.5 Å². The number of aliphatic hydroxyl groups excluding tert-OH is 1. The van der Waals surface area contributed by atoms with Gasteiger partial charge in [0.1, 0.15) is 0 Å². The molecular weight excluding hydrogens is 280 g/mol. The van der Waals surface area contributed by atoms with E-state index in [0.29, 0.717) is 19.8 Å². The minimum atomic E-state index is -0.270. The number of amides is 2. The third-order valence-corrected chi connectivity index (χ3v) is 4.15. The highest BCUT2D eigenvalue weighted by Gasteiger charge is 2.27. The van der Waals surface area contributed by atoms with Gasteiger partial charge < -0.3 is 20.1 Å². The maximum atomic E-state index is 12.2. The lowest BCUT2D eigenvalue weighted by Gasteiger charge is -2.23. The van der Waals surface area contributed by atoms with Crippen LogP contribution in [-0.4, -0.2) is 42.3 Å². The molecule has 5 heteroatoms. The fraction of sp³-hybridized carbons (Fsp3) is 0.588. The number of ether oxygens (including phenoxy) is 1. The van der Waals surface area contributed by atoms with E-state index in [9.17, 15) is 9.90 Å². The van der Waals surface area contributed by atoms with E-state index in [2.05, 4.69) is 5.32 Å². The molecule has 1 aromatic carbocycles. The molecule has 0 saturated heterocycles. The van der Waals surface area contributed by atoms with Crippen LogP contribution in [0.2, 0.25) is 0 Å². The van der Waals surface area contributed by atoms with Crippen LogP contribution in [0.4, 0.5) is 10.5 Å². The molecule has 5 nitrogen and oxygen atoms in total. The maximum Gasteiger partial charge on any atom is 0.321 e. The van der Waals surface area contributed by atoms with Gasteiger partial charge in [-0.1, -0.05) is 18.6 Å². The van der Waals surface area contributed by atoms with Gasteiger partial charge in [-0.25, -0.2) is 4.79 Å². The predicted molar refractivity (Wildman–Crippen MR) is 86.8 cm³/mol. The Hall–Kier alpha value is -1.59. The molecule has 0 aromatic heterocycles. The van der Waals surface area contributed by atoms with E-state index in [-0.39, 0.29) is 18.1 Å². The summed E-state index contributed by atoms with van der Waals surface area (Å²) in [4.78, 5) is 13.8. The van der Waals surface area contributed by atoms with Crippen molar-refractivity contribution in [2.24, 2.45) is 5.92 Å². The second kappa shape index (κ2) is 8.15. The standard InChI is InChI=1S/C17H26N2O3/c1-3-22-12-13-7-9-15(10-8-13)18-17(21)19(2)11-14-5-4-6-16(14)20/h7-10,14,16,20H,3-6,11-12H2,1-2H3,(H,18,21). The number of urea groups is 1. The summed E-state index contributed by atoms with van der Waals surface area (Å²) in [5.41, 5.74) is 1.85. The highest BCUT2D eigenvalue weighted by Crippen LogP contribution is 2.26. The van der Waals surface area contributed by atoms with Crippen molar-refractivity contribution in [3.05, 3.63) is 29.8 Å². The molecule has 0 heterocycles. The molecule has 22 heavy (non-hydrogen) atoms. The van der Waals surface area contributed by atoms with Crippen LogP contribution in [0.1, 0.15) is 31.7 Å². The van der Waals surface area contributed by atoms with E-state index >= 15 is 0 Å². The molecule has 2 unspecified atom stereocenters. The SMILES string of the molecule is CCOCc1ccc(NC(=O)N(C)CC2CCCC2O)cc1. The summed E-state index contributed by atoms with van der Waals surface area (Å²) in [5.74, 6) is 0.198. The Morgan fingerprint density at radius 1 is 1.36 bits per heavy atom. The molecule has 0 aliphatic heterocycles. The molecule has 1 aromatic rings. The number of carbonyl (C=O) groups excluding carboxylic acids is 1. The minimum absolute atomic E-state index is 0.142. The normalized spacial score (nSPS) is 20.9. The van der Waals surface area contributed by atoms with Gasteiger partial charge in [0.15, 0.2) is 0 Å². The van der Waals surface area contributed by atoms with Crippen LogP contribution in [0.3, 0.4) is 0 Å². The third kappa shape index (κ3) is 4.71. The van der Waals surface area contributed by atoms with E-state index in [4.69, 9.17) is 4.74 Å². The Morgan fingerprint density at radius 3 is 2.68 bits per heavy atom. The largest absolute Gasteiger partial charge is 0.393 e. The first kappa shape index (κ1) is 16.8. The number of anilines is 1. The Morgan fingerprint density at radius 2 is 2.09 bits per heavy atom. The van der Waals surface area contributed by atoms with Gasteiger partial charge in [-0.3, -0.25) is 0 Å². The summed E-state index contributed by atoms with van der Waals surface area (Å²) >= 11 is 0. The number of benzene rings is 1. The number of hydrogen-bond donors (Lipinski definition) is 2. The molecule has 1 aliphatic carbocycles. The average Bonchev–Trinajstić information content (AvgIpc) is 2.91. The molecule has 0 bridgehead atoms. The number of aliphatic hydroxyl groups is 1. The molecule has 122 valence electrons. The third-order valence-electron chi connectivity index (χ3n) is 4.15. The molecule has 2 atom stereocenters. The van der Waals surface area contributed by atoms with Crippen LogP contribution >= 0.6 is 0 Å².